The van der Waals surface area contributed by atoms with Gasteiger partial charge in [0.15, 0.2) is 4.77 Å². The summed E-state index contributed by atoms with van der Waals surface area (Å²) in [5.74, 6) is 1.91. The lowest BCUT2D eigenvalue weighted by Crippen LogP contribution is -2.08. The van der Waals surface area contributed by atoms with Gasteiger partial charge in [0.2, 0.25) is 0 Å². The standard InChI is InChI=1S/C14H17N3OS/c1-10-3-2-4-12(9-10)18-8-7-13-15-16-14(19)17(13)11-5-6-11/h2-4,9,11H,5-8H2,1H3,(H,16,19). The van der Waals surface area contributed by atoms with Crippen LogP contribution in [0.5, 0.6) is 5.75 Å². The summed E-state index contributed by atoms with van der Waals surface area (Å²) in [6, 6.07) is 8.64. The van der Waals surface area contributed by atoms with Crippen LogP contribution < -0.4 is 4.74 Å². The molecule has 1 N–H and O–H groups in total. The molecule has 100 valence electrons. The van der Waals surface area contributed by atoms with Gasteiger partial charge in [0.1, 0.15) is 11.6 Å². The van der Waals surface area contributed by atoms with Crippen LogP contribution in [0.2, 0.25) is 0 Å². The first-order valence-electron chi connectivity index (χ1n) is 6.59. The third-order valence-corrected chi connectivity index (χ3v) is 3.56. The maximum atomic E-state index is 5.75. The summed E-state index contributed by atoms with van der Waals surface area (Å²) < 4.78 is 8.62. The van der Waals surface area contributed by atoms with Gasteiger partial charge >= 0.3 is 0 Å². The smallest absolute Gasteiger partial charge is 0.195 e. The van der Waals surface area contributed by atoms with E-state index < -0.39 is 0 Å². The third-order valence-electron chi connectivity index (χ3n) is 3.27. The number of nitrogens with one attached hydrogen (secondary N) is 1. The second-order valence-electron chi connectivity index (χ2n) is 4.96. The SMILES string of the molecule is Cc1cccc(OCCc2n[nH]c(=S)n2C2CC2)c1. The van der Waals surface area contributed by atoms with E-state index in [1.807, 2.05) is 18.2 Å². The zero-order valence-corrected chi connectivity index (χ0v) is 11.7. The number of rotatable bonds is 5. The van der Waals surface area contributed by atoms with Crippen molar-refractivity contribution in [2.75, 3.05) is 6.61 Å². The van der Waals surface area contributed by atoms with Crippen LogP contribution in [0.1, 0.15) is 30.3 Å². The van der Waals surface area contributed by atoms with Crippen molar-refractivity contribution in [2.24, 2.45) is 0 Å². The molecule has 1 aliphatic carbocycles. The highest BCUT2D eigenvalue weighted by atomic mass is 32.1. The van der Waals surface area contributed by atoms with Crippen LogP contribution in [0.25, 0.3) is 0 Å². The second-order valence-corrected chi connectivity index (χ2v) is 5.35. The van der Waals surface area contributed by atoms with Crippen LogP contribution >= 0.6 is 12.2 Å². The van der Waals surface area contributed by atoms with Gasteiger partial charge in [-0.25, -0.2) is 0 Å². The second kappa shape index (κ2) is 5.17. The molecule has 0 atom stereocenters. The summed E-state index contributed by atoms with van der Waals surface area (Å²) in [7, 11) is 0. The number of aromatic nitrogens is 3. The van der Waals surface area contributed by atoms with Crippen molar-refractivity contribution in [2.45, 2.75) is 32.2 Å². The number of aryl methyl sites for hydroxylation is 1. The van der Waals surface area contributed by atoms with Crippen molar-refractivity contribution >= 4 is 12.2 Å². The van der Waals surface area contributed by atoms with E-state index in [2.05, 4.69) is 27.8 Å². The maximum Gasteiger partial charge on any atom is 0.195 e. The average Bonchev–Trinajstić information content (AvgIpc) is 3.15. The highest BCUT2D eigenvalue weighted by molar-refractivity contribution is 7.71. The molecule has 1 heterocycles. The van der Waals surface area contributed by atoms with E-state index in [1.165, 1.54) is 18.4 Å². The number of ether oxygens (including phenoxy) is 1. The Hall–Kier alpha value is -1.62. The molecule has 19 heavy (non-hydrogen) atoms. The highest BCUT2D eigenvalue weighted by Crippen LogP contribution is 2.35. The first-order chi connectivity index (χ1) is 9.24. The molecule has 0 spiro atoms. The molecule has 1 fully saturated rings. The predicted octanol–water partition coefficient (Wildman–Crippen LogP) is 3.21. The Balaban J connectivity index is 1.62. The zero-order chi connectivity index (χ0) is 13.2. The van der Waals surface area contributed by atoms with E-state index in [0.717, 1.165) is 22.8 Å². The van der Waals surface area contributed by atoms with Gasteiger partial charge in [0.05, 0.1) is 6.61 Å². The summed E-state index contributed by atoms with van der Waals surface area (Å²) in [5, 5.41) is 7.17. The van der Waals surface area contributed by atoms with Gasteiger partial charge in [-0.2, -0.15) is 5.10 Å². The first kappa shape index (κ1) is 12.4. The topological polar surface area (TPSA) is 42.8 Å². The molecule has 0 amide bonds. The summed E-state index contributed by atoms with van der Waals surface area (Å²) in [6.07, 6.45) is 3.19. The number of hydrogen-bond acceptors (Lipinski definition) is 3. The van der Waals surface area contributed by atoms with Crippen molar-refractivity contribution in [3.63, 3.8) is 0 Å². The molecule has 1 saturated carbocycles. The minimum atomic E-state index is 0.556. The van der Waals surface area contributed by atoms with Crippen molar-refractivity contribution in [1.82, 2.24) is 14.8 Å². The van der Waals surface area contributed by atoms with Gasteiger partial charge in [-0.05, 0) is 49.7 Å². The minimum Gasteiger partial charge on any atom is -0.493 e. The van der Waals surface area contributed by atoms with Gasteiger partial charge < -0.3 is 9.30 Å². The van der Waals surface area contributed by atoms with E-state index in [9.17, 15) is 0 Å². The van der Waals surface area contributed by atoms with Crippen LogP contribution in [0.3, 0.4) is 0 Å². The Bertz CT molecular complexity index is 628. The molecule has 1 aromatic carbocycles. The molecule has 2 aromatic rings. The molecule has 3 rings (SSSR count). The molecule has 0 aliphatic heterocycles. The monoisotopic (exact) mass is 275 g/mol. The van der Waals surface area contributed by atoms with E-state index in [-0.39, 0.29) is 0 Å². The Kier molecular flexibility index (Phi) is 3.38. The normalized spacial score (nSPS) is 14.6. The number of nitrogens with zero attached hydrogens (tertiary/aromatic N) is 2. The molecule has 5 heteroatoms. The summed E-state index contributed by atoms with van der Waals surface area (Å²) >= 11 is 5.25. The predicted molar refractivity (Wildman–Crippen MR) is 76.1 cm³/mol. The largest absolute Gasteiger partial charge is 0.493 e. The molecule has 1 aromatic heterocycles. The Morgan fingerprint density at radius 2 is 2.32 bits per heavy atom. The van der Waals surface area contributed by atoms with Crippen LogP contribution in [-0.4, -0.2) is 21.4 Å². The molecule has 0 radical (unpaired) electrons. The van der Waals surface area contributed by atoms with Crippen molar-refractivity contribution in [3.05, 3.63) is 40.4 Å². The Labute approximate surface area is 117 Å². The van der Waals surface area contributed by atoms with Gasteiger partial charge in [-0.1, -0.05) is 12.1 Å². The lowest BCUT2D eigenvalue weighted by atomic mass is 10.2. The molecular weight excluding hydrogens is 258 g/mol. The lowest BCUT2D eigenvalue weighted by Gasteiger charge is -2.07. The van der Waals surface area contributed by atoms with Crippen LogP contribution in [0.15, 0.2) is 24.3 Å². The van der Waals surface area contributed by atoms with Gasteiger partial charge in [-0.3, -0.25) is 5.10 Å². The quantitative estimate of drug-likeness (QED) is 0.852. The fourth-order valence-electron chi connectivity index (χ4n) is 2.19. The van der Waals surface area contributed by atoms with Crippen molar-refractivity contribution in [3.8, 4) is 5.75 Å². The zero-order valence-electron chi connectivity index (χ0n) is 10.9. The fourth-order valence-corrected chi connectivity index (χ4v) is 2.49. The van der Waals surface area contributed by atoms with E-state index >= 15 is 0 Å². The van der Waals surface area contributed by atoms with Crippen molar-refractivity contribution < 1.29 is 4.74 Å². The summed E-state index contributed by atoms with van der Waals surface area (Å²) in [6.45, 7) is 2.68. The minimum absolute atomic E-state index is 0.556. The lowest BCUT2D eigenvalue weighted by molar-refractivity contribution is 0.316. The van der Waals surface area contributed by atoms with Gasteiger partial charge in [-0.15, -0.1) is 0 Å². The van der Waals surface area contributed by atoms with Crippen molar-refractivity contribution in [1.29, 1.82) is 0 Å². The number of benzene rings is 1. The molecule has 1 aliphatic rings. The molecule has 4 nitrogen and oxygen atoms in total. The van der Waals surface area contributed by atoms with Gasteiger partial charge in [0.25, 0.3) is 0 Å². The number of hydrogen-bond donors (Lipinski definition) is 1. The van der Waals surface area contributed by atoms with Crippen LogP contribution in [-0.2, 0) is 6.42 Å². The molecule has 0 bridgehead atoms. The van der Waals surface area contributed by atoms with Crippen LogP contribution in [0.4, 0.5) is 0 Å². The first-order valence-corrected chi connectivity index (χ1v) is 7.00. The number of aromatic amines is 1. The van der Waals surface area contributed by atoms with Gasteiger partial charge in [0, 0.05) is 12.5 Å². The fraction of sp³-hybridized carbons (Fsp3) is 0.429. The summed E-state index contributed by atoms with van der Waals surface area (Å²) in [5.41, 5.74) is 1.21. The third kappa shape index (κ3) is 2.87. The average molecular weight is 275 g/mol. The number of H-pyrrole nitrogens is 1. The van der Waals surface area contributed by atoms with E-state index in [0.29, 0.717) is 12.6 Å². The molecular formula is C14H17N3OS. The maximum absolute atomic E-state index is 5.75. The summed E-state index contributed by atoms with van der Waals surface area (Å²) in [4.78, 5) is 0. The Morgan fingerprint density at radius 3 is 3.05 bits per heavy atom. The molecule has 0 saturated heterocycles. The Morgan fingerprint density at radius 1 is 1.47 bits per heavy atom. The van der Waals surface area contributed by atoms with E-state index in [4.69, 9.17) is 17.0 Å². The molecule has 0 unspecified atom stereocenters. The van der Waals surface area contributed by atoms with Crippen LogP contribution in [0, 0.1) is 11.7 Å². The highest BCUT2D eigenvalue weighted by Gasteiger charge is 2.26. The van der Waals surface area contributed by atoms with E-state index in [1.54, 1.807) is 0 Å².